The molecule has 0 radical (unpaired) electrons. The maximum Gasteiger partial charge on any atom is 1.00 e. The van der Waals surface area contributed by atoms with Crippen LogP contribution < -0.4 is 34.7 Å². The molecule has 2 heterocycles. The molecule has 0 amide bonds. The second kappa shape index (κ2) is 16.1. The molecule has 2 fully saturated rings. The summed E-state index contributed by atoms with van der Waals surface area (Å²) < 4.78 is 13.8. The number of ketones is 1. The summed E-state index contributed by atoms with van der Waals surface area (Å²) in [5.74, 6) is -3.03. The Hall–Kier alpha value is -0.520. The number of rotatable bonds is 13. The number of hydrogen-bond acceptors (Lipinski definition) is 8. The molecule has 10 heteroatoms. The number of aliphatic hydroxyl groups excluding tert-OH is 1. The quantitative estimate of drug-likeness (QED) is 0.268. The molecule has 1 aromatic rings. The van der Waals surface area contributed by atoms with Crippen LogP contribution in [-0.4, -0.2) is 62.7 Å². The van der Waals surface area contributed by atoms with Crippen molar-refractivity contribution in [3.05, 3.63) is 27.2 Å². The maximum atomic E-state index is 13.9. The second-order valence-corrected chi connectivity index (χ2v) is 14.2. The van der Waals surface area contributed by atoms with Gasteiger partial charge in [0, 0.05) is 21.9 Å². The normalized spacial score (nSPS) is 31.5. The summed E-state index contributed by atoms with van der Waals surface area (Å²) in [7, 11) is 0. The number of aromatic carboxylic acids is 1. The van der Waals surface area contributed by atoms with Crippen LogP contribution >= 0.6 is 15.9 Å². The molecule has 1 aromatic carbocycles. The van der Waals surface area contributed by atoms with Crippen LogP contribution in [0.3, 0.4) is 0 Å². The van der Waals surface area contributed by atoms with Crippen LogP contribution in [0.25, 0.3) is 0 Å². The van der Waals surface area contributed by atoms with Gasteiger partial charge in [0.05, 0.1) is 41.6 Å². The fraction of sp³-hybridized carbons (Fsp3) is 0.765. The molecule has 10 atom stereocenters. The molecular formula is C34H52BrNaO8. The minimum Gasteiger partial charge on any atom is -0.545 e. The Bertz CT molecular complexity index is 1160. The van der Waals surface area contributed by atoms with Crippen LogP contribution in [0.1, 0.15) is 115 Å². The third-order valence-electron chi connectivity index (χ3n) is 10.7. The Morgan fingerprint density at radius 1 is 1.18 bits per heavy atom. The van der Waals surface area contributed by atoms with Crippen molar-refractivity contribution < 1.29 is 69.0 Å². The fourth-order valence-corrected chi connectivity index (χ4v) is 8.26. The van der Waals surface area contributed by atoms with Gasteiger partial charge in [0.1, 0.15) is 11.5 Å². The molecule has 3 rings (SSSR count). The van der Waals surface area contributed by atoms with Gasteiger partial charge in [-0.25, -0.2) is 0 Å². The van der Waals surface area contributed by atoms with Crippen molar-refractivity contribution in [3.63, 3.8) is 0 Å². The molecule has 44 heavy (non-hydrogen) atoms. The van der Waals surface area contributed by atoms with Crippen molar-refractivity contribution in [2.75, 3.05) is 0 Å². The van der Waals surface area contributed by atoms with Crippen molar-refractivity contribution in [2.24, 2.45) is 23.7 Å². The predicted molar refractivity (Wildman–Crippen MR) is 167 cm³/mol. The molecule has 0 aromatic heterocycles. The van der Waals surface area contributed by atoms with Gasteiger partial charge in [0.2, 0.25) is 0 Å². The zero-order valence-corrected chi connectivity index (χ0v) is 31.7. The number of phenols is 1. The molecule has 0 unspecified atom stereocenters. The Labute approximate surface area is 294 Å². The Morgan fingerprint density at radius 2 is 1.82 bits per heavy atom. The maximum absolute atomic E-state index is 13.9. The number of benzene rings is 1. The van der Waals surface area contributed by atoms with E-state index < -0.39 is 29.2 Å². The van der Waals surface area contributed by atoms with E-state index in [0.717, 1.165) is 12.8 Å². The number of aliphatic hydroxyl groups is 2. The summed E-state index contributed by atoms with van der Waals surface area (Å²) in [6, 6.07) is 1.66. The third kappa shape index (κ3) is 7.95. The molecule has 3 N–H and O–H groups in total. The Morgan fingerprint density at radius 3 is 2.34 bits per heavy atom. The monoisotopic (exact) mass is 690 g/mol. The average molecular weight is 692 g/mol. The van der Waals surface area contributed by atoms with Crippen LogP contribution in [0.15, 0.2) is 10.5 Å². The summed E-state index contributed by atoms with van der Waals surface area (Å²) in [6.45, 7) is 15.3. The number of hydrogen-bond donors (Lipinski definition) is 3. The minimum absolute atomic E-state index is 0. The van der Waals surface area contributed by atoms with Crippen molar-refractivity contribution in [1.82, 2.24) is 0 Å². The third-order valence-corrected chi connectivity index (χ3v) is 11.4. The summed E-state index contributed by atoms with van der Waals surface area (Å²) in [5.41, 5.74) is -0.768. The molecule has 0 spiro atoms. The van der Waals surface area contributed by atoms with E-state index in [1.165, 1.54) is 0 Å². The SMILES string of the molecule is CC[C@@H](C(=O)[C@@H](C)[C@@H](O)[C@H](C)CCc1c(Br)cc(C)c(O)c1C(=O)[O-])[C@H]1O[C@](CC)([C@H]2CC[C@](O)(CC)[C@H](C)O2)C[C@@H]1C.[Na+]. The Kier molecular flexibility index (Phi) is 14.5. The van der Waals surface area contributed by atoms with Crippen molar-refractivity contribution >= 4 is 27.7 Å². The van der Waals surface area contributed by atoms with Crippen molar-refractivity contribution in [2.45, 2.75) is 142 Å². The van der Waals surface area contributed by atoms with E-state index in [4.69, 9.17) is 9.47 Å². The first-order chi connectivity index (χ1) is 20.1. The first-order valence-corrected chi connectivity index (χ1v) is 16.9. The zero-order valence-electron chi connectivity index (χ0n) is 28.1. The first kappa shape index (κ1) is 39.7. The number of carboxylic acid groups (broad SMARTS) is 1. The van der Waals surface area contributed by atoms with Crippen LogP contribution in [0, 0.1) is 30.6 Å². The van der Waals surface area contributed by atoms with Crippen molar-refractivity contribution in [3.8, 4) is 5.75 Å². The number of carbonyl (C=O) groups is 2. The molecule has 0 bridgehead atoms. The summed E-state index contributed by atoms with van der Waals surface area (Å²) >= 11 is 3.41. The van der Waals surface area contributed by atoms with Gasteiger partial charge in [-0.3, -0.25) is 4.79 Å². The van der Waals surface area contributed by atoms with E-state index >= 15 is 0 Å². The van der Waals surface area contributed by atoms with E-state index in [1.54, 1.807) is 19.9 Å². The van der Waals surface area contributed by atoms with Gasteiger partial charge >= 0.3 is 29.6 Å². The van der Waals surface area contributed by atoms with Gasteiger partial charge in [-0.2, -0.15) is 0 Å². The van der Waals surface area contributed by atoms with E-state index in [2.05, 4.69) is 29.8 Å². The number of aryl methyl sites for hydroxylation is 1. The Balaban J connectivity index is 0.00000675. The molecule has 2 aliphatic heterocycles. The second-order valence-electron chi connectivity index (χ2n) is 13.3. The van der Waals surface area contributed by atoms with E-state index in [1.807, 2.05) is 27.7 Å². The number of aromatic hydroxyl groups is 1. The van der Waals surface area contributed by atoms with Crippen LogP contribution in [0.4, 0.5) is 0 Å². The predicted octanol–water partition coefficient (Wildman–Crippen LogP) is 2.27. The van der Waals surface area contributed by atoms with Gasteiger partial charge < -0.3 is 34.7 Å². The van der Waals surface area contributed by atoms with Gasteiger partial charge in [-0.05, 0) is 94.2 Å². The van der Waals surface area contributed by atoms with Crippen molar-refractivity contribution in [1.29, 1.82) is 0 Å². The van der Waals surface area contributed by atoms with Crippen LogP contribution in [-0.2, 0) is 20.7 Å². The molecule has 2 saturated heterocycles. The topological polar surface area (TPSA) is 136 Å². The molecule has 2 aliphatic rings. The van der Waals surface area contributed by atoms with Gasteiger partial charge in [-0.15, -0.1) is 0 Å². The molecule has 8 nitrogen and oxygen atoms in total. The largest absolute Gasteiger partial charge is 1.00 e. The molecule has 0 aliphatic carbocycles. The van der Waals surface area contributed by atoms with E-state index in [-0.39, 0.29) is 89.1 Å². The summed E-state index contributed by atoms with van der Waals surface area (Å²) in [4.78, 5) is 25.7. The van der Waals surface area contributed by atoms with E-state index in [0.29, 0.717) is 47.7 Å². The van der Waals surface area contributed by atoms with Gasteiger partial charge in [0.25, 0.3) is 0 Å². The van der Waals surface area contributed by atoms with Crippen LogP contribution in [0.5, 0.6) is 5.75 Å². The van der Waals surface area contributed by atoms with Gasteiger partial charge in [-0.1, -0.05) is 57.5 Å². The fourth-order valence-electron chi connectivity index (χ4n) is 7.52. The number of carbonyl (C=O) groups excluding carboxylic acids is 2. The number of ether oxygens (including phenoxy) is 2. The first-order valence-electron chi connectivity index (χ1n) is 16.1. The zero-order chi connectivity index (χ0) is 32.4. The summed E-state index contributed by atoms with van der Waals surface area (Å²) in [6.07, 6.45) is 3.08. The average Bonchev–Trinajstić information content (AvgIpc) is 3.31. The summed E-state index contributed by atoms with van der Waals surface area (Å²) in [5, 5.41) is 44.4. The molecular weight excluding hydrogens is 639 g/mol. The molecule has 244 valence electrons. The smallest absolute Gasteiger partial charge is 0.545 e. The van der Waals surface area contributed by atoms with Crippen LogP contribution in [0.2, 0.25) is 0 Å². The number of halogens is 1. The van der Waals surface area contributed by atoms with E-state index in [9.17, 15) is 30.0 Å². The minimum atomic E-state index is -1.46. The number of carboxylic acids is 1. The standard InChI is InChI=1S/C34H53BrO8.Na/c1-9-23(31-20(6)17-34(11-3,43-31)26-14-15-33(41,10-2)22(8)42-26)30(38)21(7)28(36)18(4)12-13-24-25(35)16-19(5)29(37)27(24)32(39)40;/h16,18,20-23,26,28,31,36-37,41H,9-15,17H2,1-8H3,(H,39,40);/q;+1/p-1/t18-,20+,21+,22+,23+,26-,28+,31+,33-,34+;/m1./s1. The number of Topliss-reactive ketones (excluding diaryl/α,β-unsaturated/α-hetero) is 1. The molecule has 0 saturated carbocycles. The van der Waals surface area contributed by atoms with Gasteiger partial charge in [0.15, 0.2) is 0 Å².